The lowest BCUT2D eigenvalue weighted by Gasteiger charge is -2.30. The first-order chi connectivity index (χ1) is 15.6. The molecule has 3 heteroatoms. The maximum atomic E-state index is 13.0. The van der Waals surface area contributed by atoms with Crippen LogP contribution in [0, 0.1) is 0 Å². The Bertz CT molecular complexity index is 1370. The molecule has 3 nitrogen and oxygen atoms in total. The van der Waals surface area contributed by atoms with Gasteiger partial charge in [-0.2, -0.15) is 0 Å². The smallest absolute Gasteiger partial charge is 0.200 e. The van der Waals surface area contributed by atoms with Crippen LogP contribution in [0.2, 0.25) is 0 Å². The van der Waals surface area contributed by atoms with E-state index in [1.807, 2.05) is 48.6 Å². The molecule has 3 aromatic rings. The lowest BCUT2D eigenvalue weighted by molar-refractivity contribution is -0.113. The number of aliphatic hydroxyl groups excluding tert-OH is 1. The van der Waals surface area contributed by atoms with Gasteiger partial charge in [0, 0.05) is 17.9 Å². The maximum absolute atomic E-state index is 13.0. The van der Waals surface area contributed by atoms with Crippen LogP contribution >= 0.6 is 0 Å². The Balaban J connectivity index is 1.53. The first-order valence-corrected chi connectivity index (χ1v) is 11.1. The van der Waals surface area contributed by atoms with E-state index in [4.69, 9.17) is 0 Å². The van der Waals surface area contributed by atoms with E-state index in [0.717, 1.165) is 35.5 Å². The molecule has 0 bridgehead atoms. The maximum Gasteiger partial charge on any atom is 0.200 e. The number of benzene rings is 3. The van der Waals surface area contributed by atoms with Crippen LogP contribution in [-0.2, 0) is 11.2 Å². The molecule has 0 aromatic heterocycles. The highest BCUT2D eigenvalue weighted by Crippen LogP contribution is 2.36. The highest BCUT2D eigenvalue weighted by molar-refractivity contribution is 6.23. The number of ketones is 1. The van der Waals surface area contributed by atoms with Crippen LogP contribution in [0.1, 0.15) is 30.5 Å². The van der Waals surface area contributed by atoms with Gasteiger partial charge in [-0.05, 0) is 65.1 Å². The number of fused-ring (bicyclic) bond motifs is 2. The number of anilines is 1. The predicted molar refractivity (Wildman–Crippen MR) is 133 cm³/mol. The molecule has 1 heterocycles. The summed E-state index contributed by atoms with van der Waals surface area (Å²) in [7, 11) is 0. The summed E-state index contributed by atoms with van der Waals surface area (Å²) >= 11 is 0. The number of Topliss-reactive ketones (excluding diaryl/α,β-unsaturated/α-hetero) is 1. The molecule has 158 valence electrons. The highest BCUT2D eigenvalue weighted by Gasteiger charge is 2.33. The number of aliphatic hydroxyl groups is 1. The van der Waals surface area contributed by atoms with Gasteiger partial charge in [-0.25, -0.2) is 0 Å². The monoisotopic (exact) mass is 419 g/mol. The van der Waals surface area contributed by atoms with E-state index in [2.05, 4.69) is 49.1 Å². The summed E-state index contributed by atoms with van der Waals surface area (Å²) in [5, 5.41) is 13.1. The van der Waals surface area contributed by atoms with Gasteiger partial charge in [0.05, 0.1) is 11.1 Å². The standard InChI is InChI=1S/C29H25NO2/c1-3-23-21(14-13-19-9-5-7-11-24(19)23)17-25-28(31)26(29(25)32)18-22-16-15-20-10-6-8-12-27(20)30(22)4-2/h5-18,31H,3-4H2,1-2H3/b22-18+,25-17-. The average molecular weight is 420 g/mol. The van der Waals surface area contributed by atoms with Gasteiger partial charge < -0.3 is 10.0 Å². The largest absolute Gasteiger partial charge is 0.506 e. The van der Waals surface area contributed by atoms with E-state index < -0.39 is 0 Å². The van der Waals surface area contributed by atoms with Crippen molar-refractivity contribution in [3.63, 3.8) is 0 Å². The number of allylic oxidation sites excluding steroid dienone is 4. The van der Waals surface area contributed by atoms with Crippen LogP contribution in [0.25, 0.3) is 22.9 Å². The molecule has 0 amide bonds. The molecule has 0 saturated heterocycles. The summed E-state index contributed by atoms with van der Waals surface area (Å²) in [5.74, 6) is -0.0467. The molecule has 0 spiro atoms. The van der Waals surface area contributed by atoms with Crippen LogP contribution in [0.5, 0.6) is 0 Å². The molecule has 0 fully saturated rings. The van der Waals surface area contributed by atoms with Gasteiger partial charge in [0.1, 0.15) is 5.76 Å². The molecule has 5 rings (SSSR count). The predicted octanol–water partition coefficient (Wildman–Crippen LogP) is 6.62. The molecule has 32 heavy (non-hydrogen) atoms. The summed E-state index contributed by atoms with van der Waals surface area (Å²) in [5.41, 5.74) is 6.07. The second-order valence-corrected chi connectivity index (χ2v) is 8.06. The summed E-state index contributed by atoms with van der Waals surface area (Å²) in [4.78, 5) is 15.1. The van der Waals surface area contributed by atoms with Crippen LogP contribution in [-0.4, -0.2) is 17.4 Å². The second kappa shape index (κ2) is 8.01. The molecule has 0 radical (unpaired) electrons. The minimum Gasteiger partial charge on any atom is -0.506 e. The molecule has 0 unspecified atom stereocenters. The summed E-state index contributed by atoms with van der Waals surface area (Å²) in [6.07, 6.45) is 8.53. The number of likely N-dealkylation sites (N-methyl/N-ethyl adjacent to an activating group) is 1. The number of hydrogen-bond donors (Lipinski definition) is 1. The van der Waals surface area contributed by atoms with Crippen molar-refractivity contribution in [2.75, 3.05) is 11.4 Å². The van der Waals surface area contributed by atoms with Gasteiger partial charge >= 0.3 is 0 Å². The Hall–Kier alpha value is -3.85. The lowest BCUT2D eigenvalue weighted by atomic mass is 9.84. The van der Waals surface area contributed by atoms with E-state index in [-0.39, 0.29) is 11.5 Å². The second-order valence-electron chi connectivity index (χ2n) is 8.06. The summed E-state index contributed by atoms with van der Waals surface area (Å²) in [6.45, 7) is 4.97. The van der Waals surface area contributed by atoms with E-state index in [9.17, 15) is 9.90 Å². The fourth-order valence-corrected chi connectivity index (χ4v) is 4.65. The Kier molecular flexibility index (Phi) is 5.02. The van der Waals surface area contributed by atoms with Crippen molar-refractivity contribution in [3.8, 4) is 0 Å². The number of para-hydroxylation sites is 1. The van der Waals surface area contributed by atoms with E-state index >= 15 is 0 Å². The fraction of sp³-hybridized carbons (Fsp3) is 0.138. The molecular formula is C29H25NO2. The number of hydrogen-bond acceptors (Lipinski definition) is 3. The highest BCUT2D eigenvalue weighted by atomic mass is 16.3. The lowest BCUT2D eigenvalue weighted by Crippen LogP contribution is -2.26. The molecule has 2 aliphatic rings. The molecule has 0 saturated carbocycles. The van der Waals surface area contributed by atoms with Gasteiger partial charge in [-0.15, -0.1) is 0 Å². The zero-order valence-electron chi connectivity index (χ0n) is 18.3. The zero-order valence-corrected chi connectivity index (χ0v) is 18.3. The number of carbonyl (C=O) groups is 1. The normalized spacial score (nSPS) is 17.9. The Morgan fingerprint density at radius 2 is 1.69 bits per heavy atom. The first kappa shape index (κ1) is 20.1. The fourth-order valence-electron chi connectivity index (χ4n) is 4.65. The van der Waals surface area contributed by atoms with Crippen molar-refractivity contribution in [2.45, 2.75) is 20.3 Å². The van der Waals surface area contributed by atoms with E-state index in [1.54, 1.807) is 6.08 Å². The van der Waals surface area contributed by atoms with Gasteiger partial charge in [0.15, 0.2) is 0 Å². The third-order valence-corrected chi connectivity index (χ3v) is 6.31. The Labute approximate surface area is 188 Å². The van der Waals surface area contributed by atoms with Gasteiger partial charge in [-0.3, -0.25) is 4.79 Å². The quantitative estimate of drug-likeness (QED) is 0.483. The number of nitrogens with zero attached hydrogens (tertiary/aromatic N) is 1. The summed E-state index contributed by atoms with van der Waals surface area (Å²) in [6, 6.07) is 20.5. The minimum absolute atomic E-state index is 0.0704. The zero-order chi connectivity index (χ0) is 22.2. The van der Waals surface area contributed by atoms with Crippen molar-refractivity contribution in [1.29, 1.82) is 0 Å². The van der Waals surface area contributed by atoms with Gasteiger partial charge in [0.2, 0.25) is 5.78 Å². The third-order valence-electron chi connectivity index (χ3n) is 6.31. The van der Waals surface area contributed by atoms with Crippen LogP contribution < -0.4 is 4.90 Å². The first-order valence-electron chi connectivity index (χ1n) is 11.1. The van der Waals surface area contributed by atoms with Crippen LogP contribution in [0.3, 0.4) is 0 Å². The Morgan fingerprint density at radius 1 is 0.906 bits per heavy atom. The van der Waals surface area contributed by atoms with Crippen molar-refractivity contribution >= 4 is 34.4 Å². The van der Waals surface area contributed by atoms with Crippen LogP contribution in [0.15, 0.2) is 95.4 Å². The van der Waals surface area contributed by atoms with Crippen molar-refractivity contribution in [1.82, 2.24) is 0 Å². The van der Waals surface area contributed by atoms with Gasteiger partial charge in [0.25, 0.3) is 0 Å². The number of carbonyl (C=O) groups excluding carboxylic acids is 1. The van der Waals surface area contributed by atoms with Crippen LogP contribution in [0.4, 0.5) is 5.69 Å². The van der Waals surface area contributed by atoms with Gasteiger partial charge in [-0.1, -0.05) is 67.6 Å². The van der Waals surface area contributed by atoms with E-state index in [1.165, 1.54) is 16.3 Å². The van der Waals surface area contributed by atoms with E-state index in [0.29, 0.717) is 11.1 Å². The molecule has 3 aromatic carbocycles. The molecule has 0 atom stereocenters. The number of rotatable bonds is 4. The average Bonchev–Trinajstić information content (AvgIpc) is 2.84. The van der Waals surface area contributed by atoms with Crippen molar-refractivity contribution in [2.24, 2.45) is 0 Å². The minimum atomic E-state index is -0.117. The SMILES string of the molecule is CCc1c(/C=C2\C(=O)C(/C=C3\C=Cc4ccccc4N3CC)=C2O)ccc2ccccc12. The van der Waals surface area contributed by atoms with Crippen molar-refractivity contribution < 1.29 is 9.90 Å². The summed E-state index contributed by atoms with van der Waals surface area (Å²) < 4.78 is 0. The molecule has 1 aliphatic heterocycles. The molecule has 1 N–H and O–H groups in total. The molecule has 1 aliphatic carbocycles. The number of aryl methyl sites for hydroxylation is 1. The topological polar surface area (TPSA) is 40.5 Å². The molecular weight excluding hydrogens is 394 g/mol. The Morgan fingerprint density at radius 3 is 2.47 bits per heavy atom. The third kappa shape index (κ3) is 3.18. The van der Waals surface area contributed by atoms with Crippen molar-refractivity contribution in [3.05, 3.63) is 112 Å².